The molecule has 7 nitrogen and oxygen atoms in total. The summed E-state index contributed by atoms with van der Waals surface area (Å²) < 4.78 is 10.8. The van der Waals surface area contributed by atoms with Crippen LogP contribution in [0.1, 0.15) is 31.9 Å². The van der Waals surface area contributed by atoms with Crippen molar-refractivity contribution in [2.75, 3.05) is 33.4 Å². The highest BCUT2D eigenvalue weighted by atomic mass is 127. The van der Waals surface area contributed by atoms with Crippen molar-refractivity contribution in [2.24, 2.45) is 4.99 Å². The standard InChI is InChI=1S/C19H32N4O3.HI/c1-6-20-19(23-13-18(24)21-9-10-25-5)22-12-16-8-7-15(4)11-17(16)26-14(2)3;/h7-8,11,14H,6,9-10,12-13H2,1-5H3,(H,21,24)(H2,20,22,23);1H. The number of methoxy groups -OCH3 is 1. The highest BCUT2D eigenvalue weighted by molar-refractivity contribution is 14.0. The molecule has 0 radical (unpaired) electrons. The highest BCUT2D eigenvalue weighted by Crippen LogP contribution is 2.22. The van der Waals surface area contributed by atoms with Gasteiger partial charge in [-0.15, -0.1) is 24.0 Å². The Balaban J connectivity index is 0.00000676. The molecule has 3 N–H and O–H groups in total. The summed E-state index contributed by atoms with van der Waals surface area (Å²) in [4.78, 5) is 16.3. The third kappa shape index (κ3) is 11.0. The van der Waals surface area contributed by atoms with Gasteiger partial charge in [-0.3, -0.25) is 4.79 Å². The number of aryl methyl sites for hydroxylation is 1. The van der Waals surface area contributed by atoms with E-state index in [1.807, 2.05) is 45.9 Å². The molecular weight excluding hydrogens is 459 g/mol. The summed E-state index contributed by atoms with van der Waals surface area (Å²) in [5.74, 6) is 1.33. The third-order valence-electron chi connectivity index (χ3n) is 3.38. The van der Waals surface area contributed by atoms with Crippen LogP contribution in [-0.4, -0.2) is 51.3 Å². The molecule has 1 aromatic carbocycles. The van der Waals surface area contributed by atoms with Gasteiger partial charge in [-0.1, -0.05) is 12.1 Å². The van der Waals surface area contributed by atoms with Crippen molar-refractivity contribution in [3.8, 4) is 5.75 Å². The Bertz CT molecular complexity index is 594. The summed E-state index contributed by atoms with van der Waals surface area (Å²) in [6, 6.07) is 6.09. The number of halogens is 1. The zero-order chi connectivity index (χ0) is 19.4. The molecule has 1 aromatic rings. The van der Waals surface area contributed by atoms with Gasteiger partial charge in [-0.2, -0.15) is 0 Å². The number of nitrogens with one attached hydrogen (secondary N) is 3. The van der Waals surface area contributed by atoms with E-state index in [2.05, 4.69) is 20.9 Å². The molecule has 0 spiro atoms. The summed E-state index contributed by atoms with van der Waals surface area (Å²) in [5.41, 5.74) is 2.15. The largest absolute Gasteiger partial charge is 0.491 e. The molecule has 0 fully saturated rings. The normalized spacial score (nSPS) is 11.0. The lowest BCUT2D eigenvalue weighted by atomic mass is 10.1. The molecule has 0 heterocycles. The number of ether oxygens (including phenoxy) is 2. The minimum atomic E-state index is -0.105. The first kappa shape index (κ1) is 25.4. The Morgan fingerprint density at radius 1 is 1.22 bits per heavy atom. The first-order valence-electron chi connectivity index (χ1n) is 9.00. The molecule has 1 rings (SSSR count). The highest BCUT2D eigenvalue weighted by Gasteiger charge is 2.07. The average molecular weight is 492 g/mol. The van der Waals surface area contributed by atoms with E-state index in [1.54, 1.807) is 7.11 Å². The number of nitrogens with zero attached hydrogens (tertiary/aromatic N) is 1. The smallest absolute Gasteiger partial charge is 0.239 e. The van der Waals surface area contributed by atoms with Crippen LogP contribution in [0.5, 0.6) is 5.75 Å². The number of aliphatic imine (C=N–C) groups is 1. The van der Waals surface area contributed by atoms with E-state index in [0.717, 1.165) is 16.9 Å². The van der Waals surface area contributed by atoms with Crippen molar-refractivity contribution >= 4 is 35.8 Å². The van der Waals surface area contributed by atoms with Crippen molar-refractivity contribution < 1.29 is 14.3 Å². The van der Waals surface area contributed by atoms with Crippen LogP contribution in [-0.2, 0) is 16.1 Å². The van der Waals surface area contributed by atoms with E-state index in [0.29, 0.717) is 32.2 Å². The lowest BCUT2D eigenvalue weighted by molar-refractivity contribution is -0.120. The lowest BCUT2D eigenvalue weighted by Crippen LogP contribution is -2.43. The molecule has 154 valence electrons. The van der Waals surface area contributed by atoms with Crippen molar-refractivity contribution in [3.63, 3.8) is 0 Å². The van der Waals surface area contributed by atoms with E-state index in [9.17, 15) is 4.79 Å². The van der Waals surface area contributed by atoms with Crippen LogP contribution < -0.4 is 20.7 Å². The van der Waals surface area contributed by atoms with Crippen LogP contribution in [0.2, 0.25) is 0 Å². The van der Waals surface area contributed by atoms with E-state index in [1.165, 1.54) is 0 Å². The van der Waals surface area contributed by atoms with Crippen LogP contribution in [0, 0.1) is 6.92 Å². The number of carbonyl (C=O) groups excluding carboxylic acids is 1. The summed E-state index contributed by atoms with van der Waals surface area (Å²) in [5, 5.41) is 8.94. The molecule has 0 aliphatic carbocycles. The summed E-state index contributed by atoms with van der Waals surface area (Å²) >= 11 is 0. The molecule has 0 atom stereocenters. The van der Waals surface area contributed by atoms with Crippen molar-refractivity contribution in [1.82, 2.24) is 16.0 Å². The van der Waals surface area contributed by atoms with Gasteiger partial charge in [0, 0.05) is 25.8 Å². The van der Waals surface area contributed by atoms with Crippen molar-refractivity contribution in [3.05, 3.63) is 29.3 Å². The molecule has 0 bridgehead atoms. The fourth-order valence-corrected chi connectivity index (χ4v) is 2.18. The van der Waals surface area contributed by atoms with E-state index in [4.69, 9.17) is 9.47 Å². The molecule has 0 saturated carbocycles. The number of guanidine groups is 1. The molecule has 0 aliphatic heterocycles. The number of benzene rings is 1. The van der Waals surface area contributed by atoms with Gasteiger partial charge in [0.1, 0.15) is 5.75 Å². The molecule has 1 amide bonds. The minimum absolute atomic E-state index is 0. The summed E-state index contributed by atoms with van der Waals surface area (Å²) in [6.07, 6.45) is 0.0988. The Morgan fingerprint density at radius 2 is 1.96 bits per heavy atom. The van der Waals surface area contributed by atoms with Crippen LogP contribution >= 0.6 is 24.0 Å². The number of amides is 1. The SMILES string of the molecule is CCNC(=NCc1ccc(C)cc1OC(C)C)NCC(=O)NCCOC.I. The number of hydrogen-bond donors (Lipinski definition) is 3. The maximum atomic E-state index is 11.8. The van der Waals surface area contributed by atoms with E-state index in [-0.39, 0.29) is 42.5 Å². The second-order valence-corrected chi connectivity index (χ2v) is 6.17. The second kappa shape index (κ2) is 14.5. The minimum Gasteiger partial charge on any atom is -0.491 e. The second-order valence-electron chi connectivity index (χ2n) is 6.17. The van der Waals surface area contributed by atoms with Gasteiger partial charge in [0.25, 0.3) is 0 Å². The molecular formula is C19H33IN4O3. The van der Waals surface area contributed by atoms with Gasteiger partial charge in [-0.25, -0.2) is 4.99 Å². The zero-order valence-electron chi connectivity index (χ0n) is 16.9. The van der Waals surface area contributed by atoms with E-state index >= 15 is 0 Å². The first-order chi connectivity index (χ1) is 12.5. The number of hydrogen-bond acceptors (Lipinski definition) is 4. The molecule has 0 aromatic heterocycles. The van der Waals surface area contributed by atoms with Crippen LogP contribution in [0.4, 0.5) is 0 Å². The molecule has 0 saturated heterocycles. The zero-order valence-corrected chi connectivity index (χ0v) is 19.3. The predicted molar refractivity (Wildman–Crippen MR) is 120 cm³/mol. The van der Waals surface area contributed by atoms with Crippen molar-refractivity contribution in [1.29, 1.82) is 0 Å². The third-order valence-corrected chi connectivity index (χ3v) is 3.38. The monoisotopic (exact) mass is 492 g/mol. The average Bonchev–Trinajstić information content (AvgIpc) is 2.58. The molecule has 8 heteroatoms. The quantitative estimate of drug-likeness (QED) is 0.202. The first-order valence-corrected chi connectivity index (χ1v) is 9.00. The Kier molecular flexibility index (Phi) is 13.7. The van der Waals surface area contributed by atoms with Crippen LogP contribution in [0.15, 0.2) is 23.2 Å². The Labute approximate surface area is 179 Å². The van der Waals surface area contributed by atoms with Crippen LogP contribution in [0.25, 0.3) is 0 Å². The molecule has 27 heavy (non-hydrogen) atoms. The van der Waals surface area contributed by atoms with Gasteiger partial charge in [0.2, 0.25) is 5.91 Å². The number of carbonyl (C=O) groups is 1. The fourth-order valence-electron chi connectivity index (χ4n) is 2.18. The molecule has 0 aliphatic rings. The predicted octanol–water partition coefficient (Wildman–Crippen LogP) is 2.22. The fraction of sp³-hybridized carbons (Fsp3) is 0.579. The maximum Gasteiger partial charge on any atom is 0.239 e. The maximum absolute atomic E-state index is 11.8. The van der Waals surface area contributed by atoms with Gasteiger partial charge in [0.05, 0.1) is 25.8 Å². The van der Waals surface area contributed by atoms with Gasteiger partial charge in [-0.05, 0) is 39.3 Å². The summed E-state index contributed by atoms with van der Waals surface area (Å²) in [7, 11) is 1.60. The van der Waals surface area contributed by atoms with Gasteiger partial charge >= 0.3 is 0 Å². The molecule has 0 unspecified atom stereocenters. The van der Waals surface area contributed by atoms with Crippen LogP contribution in [0.3, 0.4) is 0 Å². The Morgan fingerprint density at radius 3 is 2.59 bits per heavy atom. The Hall–Kier alpha value is -1.55. The number of rotatable bonds is 10. The topological polar surface area (TPSA) is 84.0 Å². The summed E-state index contributed by atoms with van der Waals surface area (Å²) in [6.45, 7) is 10.3. The van der Waals surface area contributed by atoms with Crippen molar-refractivity contribution in [2.45, 2.75) is 40.3 Å². The van der Waals surface area contributed by atoms with Gasteiger partial charge in [0.15, 0.2) is 5.96 Å². The lowest BCUT2D eigenvalue weighted by Gasteiger charge is -2.15. The van der Waals surface area contributed by atoms with E-state index < -0.39 is 0 Å². The van der Waals surface area contributed by atoms with Gasteiger partial charge < -0.3 is 25.4 Å².